The van der Waals surface area contributed by atoms with Crippen molar-refractivity contribution < 1.29 is 4.79 Å². The summed E-state index contributed by atoms with van der Waals surface area (Å²) >= 11 is 11.6. The summed E-state index contributed by atoms with van der Waals surface area (Å²) in [5.41, 5.74) is 0.833. The van der Waals surface area contributed by atoms with E-state index in [-0.39, 0.29) is 6.03 Å². The van der Waals surface area contributed by atoms with Gasteiger partial charge < -0.3 is 10.6 Å². The van der Waals surface area contributed by atoms with E-state index >= 15 is 0 Å². The first-order valence-corrected chi connectivity index (χ1v) is 4.78. The summed E-state index contributed by atoms with van der Waals surface area (Å²) < 4.78 is 0. The third-order valence-corrected chi connectivity index (χ3v) is 2.27. The lowest BCUT2D eigenvalue weighted by Crippen LogP contribution is -2.32. The minimum absolute atomic E-state index is 0.240. The zero-order valence-electron chi connectivity index (χ0n) is 7.60. The average molecular weight is 233 g/mol. The second-order valence-electron chi connectivity index (χ2n) is 2.67. The Balaban J connectivity index is 2.63. The number of carbonyl (C=O) groups excluding carboxylic acids is 1. The monoisotopic (exact) mass is 232 g/mol. The van der Waals surface area contributed by atoms with Crippen molar-refractivity contribution in [3.05, 3.63) is 33.8 Å². The maximum atomic E-state index is 10.9. The van der Waals surface area contributed by atoms with Crippen molar-refractivity contribution in [2.45, 2.75) is 6.54 Å². The first-order valence-electron chi connectivity index (χ1n) is 4.03. The molecule has 0 aliphatic heterocycles. The molecular formula is C9H10Cl2N2O. The highest BCUT2D eigenvalue weighted by Crippen LogP contribution is 2.20. The van der Waals surface area contributed by atoms with Crippen LogP contribution in [0.2, 0.25) is 10.0 Å². The second kappa shape index (κ2) is 5.08. The lowest BCUT2D eigenvalue weighted by molar-refractivity contribution is 0.242. The van der Waals surface area contributed by atoms with Crippen LogP contribution in [0.25, 0.3) is 0 Å². The molecule has 0 aromatic heterocycles. The maximum absolute atomic E-state index is 10.9. The molecule has 3 nitrogen and oxygen atoms in total. The number of halogens is 2. The molecule has 2 amide bonds. The third kappa shape index (κ3) is 3.09. The number of amides is 2. The molecule has 1 aromatic carbocycles. The molecule has 0 fully saturated rings. The third-order valence-electron chi connectivity index (χ3n) is 1.68. The smallest absolute Gasteiger partial charge is 0.314 e. The van der Waals surface area contributed by atoms with Crippen LogP contribution in [0.3, 0.4) is 0 Å². The molecule has 0 aliphatic carbocycles. The van der Waals surface area contributed by atoms with Gasteiger partial charge in [-0.2, -0.15) is 0 Å². The predicted octanol–water partition coefficient (Wildman–Crippen LogP) is 2.42. The second-order valence-corrected chi connectivity index (χ2v) is 3.51. The first-order chi connectivity index (χ1) is 6.63. The Morgan fingerprint density at radius 3 is 2.71 bits per heavy atom. The van der Waals surface area contributed by atoms with E-state index < -0.39 is 0 Å². The molecule has 2 N–H and O–H groups in total. The Labute approximate surface area is 92.4 Å². The molecule has 0 atom stereocenters. The fourth-order valence-electron chi connectivity index (χ4n) is 0.929. The van der Waals surface area contributed by atoms with E-state index in [4.69, 9.17) is 23.2 Å². The molecule has 0 unspecified atom stereocenters. The van der Waals surface area contributed by atoms with Crippen molar-refractivity contribution in [3.63, 3.8) is 0 Å². The van der Waals surface area contributed by atoms with Crippen molar-refractivity contribution >= 4 is 29.2 Å². The highest BCUT2D eigenvalue weighted by molar-refractivity contribution is 6.35. The summed E-state index contributed by atoms with van der Waals surface area (Å²) in [6, 6.07) is 4.91. The summed E-state index contributed by atoms with van der Waals surface area (Å²) in [6.45, 7) is 0.385. The lowest BCUT2D eigenvalue weighted by Gasteiger charge is -2.06. The van der Waals surface area contributed by atoms with Crippen LogP contribution >= 0.6 is 23.2 Å². The Kier molecular flexibility index (Phi) is 4.04. The van der Waals surface area contributed by atoms with E-state index in [0.29, 0.717) is 16.6 Å². The van der Waals surface area contributed by atoms with Gasteiger partial charge in [0.1, 0.15) is 0 Å². The number of hydrogen-bond donors (Lipinski definition) is 2. The number of nitrogens with one attached hydrogen (secondary N) is 2. The first kappa shape index (κ1) is 11.1. The summed E-state index contributed by atoms with van der Waals surface area (Å²) in [7, 11) is 1.55. The van der Waals surface area contributed by atoms with Crippen LogP contribution < -0.4 is 10.6 Å². The van der Waals surface area contributed by atoms with E-state index in [0.717, 1.165) is 5.56 Å². The molecule has 14 heavy (non-hydrogen) atoms. The highest BCUT2D eigenvalue weighted by atomic mass is 35.5. The molecule has 0 heterocycles. The molecule has 0 aliphatic rings. The lowest BCUT2D eigenvalue weighted by atomic mass is 10.2. The molecular weight excluding hydrogens is 223 g/mol. The highest BCUT2D eigenvalue weighted by Gasteiger charge is 2.02. The summed E-state index contributed by atoms with van der Waals surface area (Å²) in [4.78, 5) is 10.9. The molecule has 0 spiro atoms. The van der Waals surface area contributed by atoms with Crippen LogP contribution in [-0.4, -0.2) is 13.1 Å². The van der Waals surface area contributed by atoms with Gasteiger partial charge in [0, 0.05) is 23.6 Å². The fourth-order valence-corrected chi connectivity index (χ4v) is 1.40. The van der Waals surface area contributed by atoms with Crippen LogP contribution in [0, 0.1) is 0 Å². The number of rotatable bonds is 2. The number of carbonyl (C=O) groups is 1. The van der Waals surface area contributed by atoms with Crippen molar-refractivity contribution in [1.82, 2.24) is 10.6 Å². The van der Waals surface area contributed by atoms with Gasteiger partial charge in [0.15, 0.2) is 0 Å². The van der Waals surface area contributed by atoms with E-state index in [1.54, 1.807) is 25.2 Å². The summed E-state index contributed by atoms with van der Waals surface area (Å²) in [6.07, 6.45) is 0. The quantitative estimate of drug-likeness (QED) is 0.809. The summed E-state index contributed by atoms with van der Waals surface area (Å²) in [5.74, 6) is 0. The van der Waals surface area contributed by atoms with Crippen LogP contribution in [0.1, 0.15) is 5.56 Å². The molecule has 0 radical (unpaired) electrons. The number of benzene rings is 1. The normalized spacial score (nSPS) is 9.64. The van der Waals surface area contributed by atoms with Gasteiger partial charge >= 0.3 is 6.03 Å². The molecule has 0 saturated heterocycles. The Hall–Kier alpha value is -0.930. The molecule has 0 bridgehead atoms. The van der Waals surface area contributed by atoms with Crippen molar-refractivity contribution in [2.75, 3.05) is 7.05 Å². The zero-order valence-corrected chi connectivity index (χ0v) is 9.12. The maximum Gasteiger partial charge on any atom is 0.314 e. The van der Waals surface area contributed by atoms with Gasteiger partial charge in [0.25, 0.3) is 0 Å². The van der Waals surface area contributed by atoms with Gasteiger partial charge in [0.2, 0.25) is 0 Å². The van der Waals surface area contributed by atoms with Gasteiger partial charge in [-0.15, -0.1) is 0 Å². The Bertz CT molecular complexity index is 342. The topological polar surface area (TPSA) is 41.1 Å². The standard InChI is InChI=1S/C9H10Cl2N2O/c1-12-9(14)13-5-6-2-3-7(10)4-8(6)11/h2-4H,5H2,1H3,(H2,12,13,14). The average Bonchev–Trinajstić information content (AvgIpc) is 2.16. The van der Waals surface area contributed by atoms with E-state index in [2.05, 4.69) is 10.6 Å². The van der Waals surface area contributed by atoms with Crippen LogP contribution in [-0.2, 0) is 6.54 Å². The zero-order chi connectivity index (χ0) is 10.6. The largest absolute Gasteiger partial charge is 0.341 e. The van der Waals surface area contributed by atoms with Gasteiger partial charge in [-0.25, -0.2) is 4.79 Å². The molecule has 5 heteroatoms. The molecule has 76 valence electrons. The van der Waals surface area contributed by atoms with E-state index in [9.17, 15) is 4.79 Å². The number of urea groups is 1. The van der Waals surface area contributed by atoms with E-state index in [1.807, 2.05) is 0 Å². The van der Waals surface area contributed by atoms with Gasteiger partial charge in [-0.3, -0.25) is 0 Å². The van der Waals surface area contributed by atoms with Gasteiger partial charge in [-0.05, 0) is 17.7 Å². The molecule has 0 saturated carbocycles. The Morgan fingerprint density at radius 2 is 2.14 bits per heavy atom. The van der Waals surface area contributed by atoms with Crippen LogP contribution in [0.5, 0.6) is 0 Å². The minimum atomic E-state index is -0.240. The van der Waals surface area contributed by atoms with E-state index in [1.165, 1.54) is 0 Å². The Morgan fingerprint density at radius 1 is 1.43 bits per heavy atom. The van der Waals surface area contributed by atoms with Crippen LogP contribution in [0.4, 0.5) is 4.79 Å². The van der Waals surface area contributed by atoms with Gasteiger partial charge in [0.05, 0.1) is 0 Å². The fraction of sp³-hybridized carbons (Fsp3) is 0.222. The number of hydrogen-bond acceptors (Lipinski definition) is 1. The molecule has 1 aromatic rings. The summed E-state index contributed by atoms with van der Waals surface area (Å²) in [5, 5.41) is 6.21. The SMILES string of the molecule is CNC(=O)NCc1ccc(Cl)cc1Cl. The molecule has 1 rings (SSSR count). The van der Waals surface area contributed by atoms with Gasteiger partial charge in [-0.1, -0.05) is 29.3 Å². The van der Waals surface area contributed by atoms with Crippen molar-refractivity contribution in [2.24, 2.45) is 0 Å². The van der Waals surface area contributed by atoms with Crippen molar-refractivity contribution in [1.29, 1.82) is 0 Å². The predicted molar refractivity (Wildman–Crippen MR) is 57.8 cm³/mol. The van der Waals surface area contributed by atoms with Crippen LogP contribution in [0.15, 0.2) is 18.2 Å². The van der Waals surface area contributed by atoms with Crippen molar-refractivity contribution in [3.8, 4) is 0 Å². The minimum Gasteiger partial charge on any atom is -0.341 e.